The van der Waals surface area contributed by atoms with Crippen molar-refractivity contribution >= 4 is 18.3 Å². The number of carbonyl (C=O) groups is 1. The predicted octanol–water partition coefficient (Wildman–Crippen LogP) is 3.16. The lowest BCUT2D eigenvalue weighted by Crippen LogP contribution is -2.31. The normalized spacial score (nSPS) is 16.2. The molecule has 0 aromatic heterocycles. The van der Waals surface area contributed by atoms with Crippen LogP contribution in [-0.2, 0) is 16.1 Å². The highest BCUT2D eigenvalue weighted by Crippen LogP contribution is 2.17. The molecular formula is C19H31ClN2O2. The number of piperidine rings is 1. The highest BCUT2D eigenvalue weighted by Gasteiger charge is 2.14. The fourth-order valence-electron chi connectivity index (χ4n) is 2.89. The van der Waals surface area contributed by atoms with Crippen molar-refractivity contribution in [3.8, 4) is 0 Å². The van der Waals surface area contributed by atoms with E-state index in [2.05, 4.69) is 29.7 Å². The highest BCUT2D eigenvalue weighted by molar-refractivity contribution is 5.85. The van der Waals surface area contributed by atoms with Crippen LogP contribution in [0.2, 0.25) is 0 Å². The molecule has 2 rings (SSSR count). The van der Waals surface area contributed by atoms with Gasteiger partial charge in [0.25, 0.3) is 0 Å². The van der Waals surface area contributed by atoms with E-state index in [-0.39, 0.29) is 18.3 Å². The van der Waals surface area contributed by atoms with Crippen LogP contribution >= 0.6 is 12.4 Å². The lowest BCUT2D eigenvalue weighted by Gasteiger charge is -2.22. The molecule has 0 bridgehead atoms. The van der Waals surface area contributed by atoms with Gasteiger partial charge in [0.2, 0.25) is 5.91 Å². The number of carbonyl (C=O) groups excluding carboxylic acids is 1. The van der Waals surface area contributed by atoms with E-state index in [9.17, 15) is 4.79 Å². The van der Waals surface area contributed by atoms with Crippen LogP contribution in [0.25, 0.3) is 0 Å². The van der Waals surface area contributed by atoms with Crippen LogP contribution in [0.5, 0.6) is 0 Å². The summed E-state index contributed by atoms with van der Waals surface area (Å²) in [5, 5.41) is 6.40. The fraction of sp³-hybridized carbons (Fsp3) is 0.632. The van der Waals surface area contributed by atoms with Gasteiger partial charge in [0.05, 0.1) is 13.2 Å². The molecule has 1 atom stereocenters. The van der Waals surface area contributed by atoms with Crippen molar-refractivity contribution in [1.82, 2.24) is 10.6 Å². The average molecular weight is 355 g/mol. The first-order valence-corrected chi connectivity index (χ1v) is 8.83. The SMILES string of the molecule is CC(CNC(=O)CCC1CCNCC1)COCc1ccccc1.Cl. The largest absolute Gasteiger partial charge is 0.376 e. The Labute approximate surface area is 152 Å². The summed E-state index contributed by atoms with van der Waals surface area (Å²) in [5.74, 6) is 1.23. The van der Waals surface area contributed by atoms with E-state index in [0.29, 0.717) is 38.0 Å². The van der Waals surface area contributed by atoms with Crippen molar-refractivity contribution in [2.75, 3.05) is 26.2 Å². The average Bonchev–Trinajstić information content (AvgIpc) is 2.60. The Kier molecular flexibility index (Phi) is 10.7. The lowest BCUT2D eigenvalue weighted by atomic mass is 9.93. The van der Waals surface area contributed by atoms with Gasteiger partial charge in [0, 0.05) is 13.0 Å². The zero-order valence-electron chi connectivity index (χ0n) is 14.6. The van der Waals surface area contributed by atoms with Crippen LogP contribution in [-0.4, -0.2) is 32.1 Å². The third-order valence-electron chi connectivity index (χ3n) is 4.40. The van der Waals surface area contributed by atoms with Crippen LogP contribution in [0.1, 0.15) is 38.2 Å². The Morgan fingerprint density at radius 1 is 1.29 bits per heavy atom. The second-order valence-electron chi connectivity index (χ2n) is 6.64. The molecule has 0 saturated carbocycles. The van der Waals surface area contributed by atoms with Gasteiger partial charge in [-0.3, -0.25) is 4.79 Å². The maximum Gasteiger partial charge on any atom is 0.220 e. The maximum atomic E-state index is 11.9. The molecule has 1 aliphatic heterocycles. The Balaban J connectivity index is 0.00000288. The fourth-order valence-corrected chi connectivity index (χ4v) is 2.89. The number of rotatable bonds is 9. The molecule has 1 aliphatic rings. The van der Waals surface area contributed by atoms with Gasteiger partial charge in [-0.25, -0.2) is 0 Å². The van der Waals surface area contributed by atoms with E-state index < -0.39 is 0 Å². The summed E-state index contributed by atoms with van der Waals surface area (Å²) in [6.45, 7) is 6.31. The maximum absolute atomic E-state index is 11.9. The summed E-state index contributed by atoms with van der Waals surface area (Å²) in [4.78, 5) is 11.9. The lowest BCUT2D eigenvalue weighted by molar-refractivity contribution is -0.121. The van der Waals surface area contributed by atoms with Gasteiger partial charge in [-0.2, -0.15) is 0 Å². The molecule has 1 unspecified atom stereocenters. The standard InChI is InChI=1S/C19H30N2O2.ClH/c1-16(14-23-15-18-5-3-2-4-6-18)13-21-19(22)8-7-17-9-11-20-12-10-17;/h2-6,16-17,20H,7-15H2,1H3,(H,21,22);1H. The third-order valence-corrected chi connectivity index (χ3v) is 4.40. The molecule has 4 nitrogen and oxygen atoms in total. The predicted molar refractivity (Wildman–Crippen MR) is 100 cm³/mol. The molecule has 1 aromatic rings. The quantitative estimate of drug-likeness (QED) is 0.716. The number of hydrogen-bond donors (Lipinski definition) is 2. The molecule has 1 fully saturated rings. The van der Waals surface area contributed by atoms with E-state index >= 15 is 0 Å². The molecule has 136 valence electrons. The molecule has 1 amide bonds. The monoisotopic (exact) mass is 354 g/mol. The van der Waals surface area contributed by atoms with E-state index in [4.69, 9.17) is 4.74 Å². The Morgan fingerprint density at radius 2 is 2.00 bits per heavy atom. The van der Waals surface area contributed by atoms with E-state index in [1.807, 2.05) is 18.2 Å². The van der Waals surface area contributed by atoms with Gasteiger partial charge < -0.3 is 15.4 Å². The molecule has 5 heteroatoms. The van der Waals surface area contributed by atoms with Crippen molar-refractivity contribution in [3.05, 3.63) is 35.9 Å². The molecule has 0 aliphatic carbocycles. The molecule has 1 heterocycles. The first-order chi connectivity index (χ1) is 11.2. The summed E-state index contributed by atoms with van der Waals surface area (Å²) >= 11 is 0. The number of amides is 1. The summed E-state index contributed by atoms with van der Waals surface area (Å²) in [6.07, 6.45) is 4.09. The van der Waals surface area contributed by atoms with E-state index in [0.717, 1.165) is 19.5 Å². The summed E-state index contributed by atoms with van der Waals surface area (Å²) in [6, 6.07) is 10.2. The molecule has 1 saturated heterocycles. The summed E-state index contributed by atoms with van der Waals surface area (Å²) < 4.78 is 5.71. The zero-order valence-corrected chi connectivity index (χ0v) is 15.4. The van der Waals surface area contributed by atoms with Gasteiger partial charge in [-0.05, 0) is 49.8 Å². The number of ether oxygens (including phenoxy) is 1. The molecule has 24 heavy (non-hydrogen) atoms. The molecular weight excluding hydrogens is 324 g/mol. The van der Waals surface area contributed by atoms with Gasteiger partial charge in [-0.1, -0.05) is 37.3 Å². The Bertz CT molecular complexity index is 450. The van der Waals surface area contributed by atoms with Crippen molar-refractivity contribution in [2.24, 2.45) is 11.8 Å². The first kappa shape index (κ1) is 20.9. The number of hydrogen-bond acceptors (Lipinski definition) is 3. The zero-order chi connectivity index (χ0) is 16.3. The molecule has 0 radical (unpaired) electrons. The number of halogens is 1. The van der Waals surface area contributed by atoms with E-state index in [1.165, 1.54) is 18.4 Å². The van der Waals surface area contributed by atoms with Gasteiger partial charge in [-0.15, -0.1) is 12.4 Å². The van der Waals surface area contributed by atoms with Crippen molar-refractivity contribution in [3.63, 3.8) is 0 Å². The summed E-state index contributed by atoms with van der Waals surface area (Å²) in [7, 11) is 0. The van der Waals surface area contributed by atoms with Crippen LogP contribution in [0, 0.1) is 11.8 Å². The molecule has 2 N–H and O–H groups in total. The van der Waals surface area contributed by atoms with Crippen molar-refractivity contribution < 1.29 is 9.53 Å². The van der Waals surface area contributed by atoms with Gasteiger partial charge in [0.1, 0.15) is 0 Å². The smallest absolute Gasteiger partial charge is 0.220 e. The highest BCUT2D eigenvalue weighted by atomic mass is 35.5. The van der Waals surface area contributed by atoms with Gasteiger partial charge in [0.15, 0.2) is 0 Å². The molecule has 0 spiro atoms. The third kappa shape index (κ3) is 8.67. The second kappa shape index (κ2) is 12.3. The molecule has 1 aromatic carbocycles. The van der Waals surface area contributed by atoms with E-state index in [1.54, 1.807) is 0 Å². The number of benzene rings is 1. The Hall–Kier alpha value is -1.10. The topological polar surface area (TPSA) is 50.4 Å². The van der Waals surface area contributed by atoms with Crippen molar-refractivity contribution in [1.29, 1.82) is 0 Å². The first-order valence-electron chi connectivity index (χ1n) is 8.83. The Morgan fingerprint density at radius 3 is 2.71 bits per heavy atom. The minimum absolute atomic E-state index is 0. The number of nitrogens with one attached hydrogen (secondary N) is 2. The van der Waals surface area contributed by atoms with Crippen molar-refractivity contribution in [2.45, 2.75) is 39.2 Å². The second-order valence-corrected chi connectivity index (χ2v) is 6.64. The minimum atomic E-state index is 0. The minimum Gasteiger partial charge on any atom is -0.376 e. The van der Waals surface area contributed by atoms with Gasteiger partial charge >= 0.3 is 0 Å². The summed E-state index contributed by atoms with van der Waals surface area (Å²) in [5.41, 5.74) is 1.19. The van der Waals surface area contributed by atoms with Crippen LogP contribution in [0.3, 0.4) is 0 Å². The van der Waals surface area contributed by atoms with Crippen LogP contribution in [0.15, 0.2) is 30.3 Å². The van der Waals surface area contributed by atoms with Crippen LogP contribution in [0.4, 0.5) is 0 Å². The van der Waals surface area contributed by atoms with Crippen LogP contribution < -0.4 is 10.6 Å².